The van der Waals surface area contributed by atoms with Gasteiger partial charge in [-0.3, -0.25) is 9.78 Å². The van der Waals surface area contributed by atoms with Gasteiger partial charge in [0.25, 0.3) is 11.8 Å². The van der Waals surface area contributed by atoms with Crippen LogP contribution in [0.3, 0.4) is 0 Å². The molecule has 0 bridgehead atoms. The fraction of sp³-hybridized carbons (Fsp3) is 0.217. The van der Waals surface area contributed by atoms with Crippen molar-refractivity contribution in [2.45, 2.75) is 32.6 Å². The number of nitrogens with zero attached hydrogens (tertiary/aromatic N) is 1. The number of anilines is 1. The number of benzene rings is 1. The maximum absolute atomic E-state index is 13.8. The first-order chi connectivity index (χ1) is 13.3. The van der Waals surface area contributed by atoms with Gasteiger partial charge in [-0.05, 0) is 47.9 Å². The first kappa shape index (κ1) is 19.5. The van der Waals surface area contributed by atoms with Gasteiger partial charge >= 0.3 is 0 Å². The van der Waals surface area contributed by atoms with Crippen LogP contribution in [0.2, 0.25) is 0 Å². The topological polar surface area (TPSA) is 42.0 Å². The Morgan fingerprint density at radius 1 is 1.07 bits per heavy atom. The molecule has 0 aliphatic carbocycles. The first-order valence-electron chi connectivity index (χ1n) is 8.94. The summed E-state index contributed by atoms with van der Waals surface area (Å²) < 4.78 is 27.6. The number of pyridine rings is 1. The summed E-state index contributed by atoms with van der Waals surface area (Å²) in [4.78, 5) is 16.5. The Morgan fingerprint density at radius 3 is 2.36 bits per heavy atom. The van der Waals surface area contributed by atoms with Gasteiger partial charge in [0, 0.05) is 24.4 Å². The number of rotatable bonds is 5. The van der Waals surface area contributed by atoms with Crippen LogP contribution in [0.5, 0.6) is 0 Å². The van der Waals surface area contributed by atoms with Crippen molar-refractivity contribution in [3.8, 4) is 11.3 Å². The molecule has 3 rings (SSSR count). The average molecular weight is 378 g/mol. The van der Waals surface area contributed by atoms with E-state index < -0.39 is 5.92 Å². The molecule has 0 saturated carbocycles. The van der Waals surface area contributed by atoms with E-state index in [1.807, 2.05) is 24.3 Å². The van der Waals surface area contributed by atoms with Gasteiger partial charge in [-0.15, -0.1) is 0 Å². The molecule has 1 amide bonds. The minimum absolute atomic E-state index is 0.127. The van der Waals surface area contributed by atoms with Crippen LogP contribution in [0.25, 0.3) is 11.3 Å². The number of aromatic nitrogens is 1. The third-order valence-electron chi connectivity index (χ3n) is 4.36. The summed E-state index contributed by atoms with van der Waals surface area (Å²) in [7, 11) is 0. The molecule has 1 heterocycles. The molecule has 0 saturated heterocycles. The summed E-state index contributed by atoms with van der Waals surface area (Å²) in [5, 5.41) is 2.79. The molecule has 0 aliphatic rings. The molecule has 3 nitrogen and oxygen atoms in total. The summed E-state index contributed by atoms with van der Waals surface area (Å²) in [6, 6.07) is 19.0. The number of hydrogen-bond acceptors (Lipinski definition) is 2. The highest BCUT2D eigenvalue weighted by molar-refractivity contribution is 6.03. The van der Waals surface area contributed by atoms with Crippen LogP contribution in [0, 0.1) is 12.1 Å². The molecule has 28 heavy (non-hydrogen) atoms. The predicted molar refractivity (Wildman–Crippen MR) is 105 cm³/mol. The van der Waals surface area contributed by atoms with Crippen LogP contribution >= 0.6 is 0 Å². The lowest BCUT2D eigenvalue weighted by Crippen LogP contribution is -2.12. The number of carbonyl (C=O) groups is 1. The Bertz CT molecular complexity index is 959. The largest absolute Gasteiger partial charge is 0.321 e. The molecule has 1 aromatic heterocycles. The van der Waals surface area contributed by atoms with Crippen molar-refractivity contribution in [3.63, 3.8) is 0 Å². The van der Waals surface area contributed by atoms with E-state index in [0.29, 0.717) is 17.2 Å². The lowest BCUT2D eigenvalue weighted by atomic mass is 10.0. The fourth-order valence-electron chi connectivity index (χ4n) is 2.78. The Hall–Kier alpha value is -3.26. The van der Waals surface area contributed by atoms with Crippen LogP contribution < -0.4 is 5.32 Å². The zero-order valence-electron chi connectivity index (χ0n) is 15.9. The minimum Gasteiger partial charge on any atom is -0.321 e. The van der Waals surface area contributed by atoms with Crippen molar-refractivity contribution < 1.29 is 13.6 Å². The van der Waals surface area contributed by atoms with Gasteiger partial charge < -0.3 is 5.32 Å². The second-order valence-electron chi connectivity index (χ2n) is 6.93. The van der Waals surface area contributed by atoms with Gasteiger partial charge in [0.2, 0.25) is 0 Å². The monoisotopic (exact) mass is 378 g/mol. The quantitative estimate of drug-likeness (QED) is 0.606. The number of halogens is 2. The standard InChI is InChI=1S/C23H20F2N2O/c1-15(2)16-10-12-19(13-11-16)27-22(28)18-8-6-17(7-9-18)21-20(23(3,24)25)5-4-14-26-21/h4-6,8,10-15H,1-3H3,(H,27,28). The van der Waals surface area contributed by atoms with E-state index in [2.05, 4.69) is 36.3 Å². The highest BCUT2D eigenvalue weighted by atomic mass is 19.3. The van der Waals surface area contributed by atoms with E-state index >= 15 is 0 Å². The summed E-state index contributed by atoms with van der Waals surface area (Å²) in [6.45, 7) is 5.02. The van der Waals surface area contributed by atoms with E-state index in [1.54, 1.807) is 6.07 Å². The van der Waals surface area contributed by atoms with Crippen molar-refractivity contribution >= 4 is 11.6 Å². The minimum atomic E-state index is -3.03. The highest BCUT2D eigenvalue weighted by Crippen LogP contribution is 2.33. The number of amides is 1. The number of hydrogen-bond donors (Lipinski definition) is 1. The molecule has 0 fully saturated rings. The summed E-state index contributed by atoms with van der Waals surface area (Å²) in [5.74, 6) is -2.97. The van der Waals surface area contributed by atoms with Crippen LogP contribution in [0.15, 0.2) is 54.7 Å². The van der Waals surface area contributed by atoms with Crippen molar-refractivity contribution in [1.29, 1.82) is 0 Å². The predicted octanol–water partition coefficient (Wildman–Crippen LogP) is 5.84. The highest BCUT2D eigenvalue weighted by Gasteiger charge is 2.28. The molecule has 0 radical (unpaired) electrons. The van der Waals surface area contributed by atoms with Crippen molar-refractivity contribution in [3.05, 3.63) is 83.6 Å². The van der Waals surface area contributed by atoms with Gasteiger partial charge in [0.1, 0.15) is 0 Å². The second-order valence-corrected chi connectivity index (χ2v) is 6.93. The van der Waals surface area contributed by atoms with Crippen molar-refractivity contribution in [2.24, 2.45) is 0 Å². The number of nitrogens with one attached hydrogen (secondary N) is 1. The van der Waals surface area contributed by atoms with Crippen LogP contribution in [-0.2, 0) is 5.92 Å². The first-order valence-corrected chi connectivity index (χ1v) is 8.94. The molecule has 3 aromatic rings. The molecule has 0 aliphatic heterocycles. The van der Waals surface area contributed by atoms with Gasteiger partial charge in [-0.1, -0.05) is 38.1 Å². The zero-order chi connectivity index (χ0) is 20.3. The van der Waals surface area contributed by atoms with Gasteiger partial charge in [-0.2, -0.15) is 0 Å². The van der Waals surface area contributed by atoms with Crippen LogP contribution in [-0.4, -0.2) is 10.9 Å². The maximum atomic E-state index is 13.8. The molecule has 1 N–H and O–H groups in total. The molecule has 142 valence electrons. The Balaban J connectivity index is 1.79. The Kier molecular flexibility index (Phi) is 5.41. The van der Waals surface area contributed by atoms with E-state index in [4.69, 9.17) is 0 Å². The normalized spacial score (nSPS) is 11.2. The van der Waals surface area contributed by atoms with Crippen molar-refractivity contribution in [2.75, 3.05) is 5.32 Å². The fourth-order valence-corrected chi connectivity index (χ4v) is 2.78. The summed E-state index contributed by atoms with van der Waals surface area (Å²) in [6.07, 6.45) is 1.44. The third kappa shape index (κ3) is 4.34. The SMILES string of the molecule is CC(C)c1ccc(NC(=O)c2c#cc(-c3ncccc3C(C)(F)F)cc2)cc1. The number of carbonyl (C=O) groups excluding carboxylic acids is 1. The molecule has 0 atom stereocenters. The van der Waals surface area contributed by atoms with E-state index in [9.17, 15) is 13.6 Å². The van der Waals surface area contributed by atoms with E-state index in [-0.39, 0.29) is 22.7 Å². The molecule has 0 unspecified atom stereocenters. The molecule has 0 spiro atoms. The maximum Gasteiger partial charge on any atom is 0.272 e. The molecular formula is C23H20F2N2O. The second kappa shape index (κ2) is 7.77. The third-order valence-corrected chi connectivity index (χ3v) is 4.36. The Morgan fingerprint density at radius 2 is 1.79 bits per heavy atom. The molecule has 2 aromatic carbocycles. The van der Waals surface area contributed by atoms with Gasteiger partial charge in [0.05, 0.1) is 16.8 Å². The van der Waals surface area contributed by atoms with Gasteiger partial charge in [0.15, 0.2) is 0 Å². The van der Waals surface area contributed by atoms with E-state index in [0.717, 1.165) is 6.92 Å². The van der Waals surface area contributed by atoms with E-state index in [1.165, 1.54) is 30.0 Å². The Labute approximate surface area is 163 Å². The number of alkyl halides is 2. The van der Waals surface area contributed by atoms with Crippen molar-refractivity contribution in [1.82, 2.24) is 4.98 Å². The van der Waals surface area contributed by atoms with Gasteiger partial charge in [-0.25, -0.2) is 8.78 Å². The average Bonchev–Trinajstić information content (AvgIpc) is 2.68. The van der Waals surface area contributed by atoms with Crippen LogP contribution in [0.4, 0.5) is 14.5 Å². The lowest BCUT2D eigenvalue weighted by molar-refractivity contribution is 0.0178. The molecule has 5 heteroatoms. The van der Waals surface area contributed by atoms with Crippen LogP contribution in [0.1, 0.15) is 48.2 Å². The lowest BCUT2D eigenvalue weighted by Gasteiger charge is -2.14. The zero-order valence-corrected chi connectivity index (χ0v) is 15.9. The summed E-state index contributed by atoms with van der Waals surface area (Å²) in [5.41, 5.74) is 2.41. The summed E-state index contributed by atoms with van der Waals surface area (Å²) >= 11 is 0. The smallest absolute Gasteiger partial charge is 0.272 e. The molecular weight excluding hydrogens is 358 g/mol.